The van der Waals surface area contributed by atoms with E-state index >= 15 is 0 Å². The van der Waals surface area contributed by atoms with Crippen LogP contribution < -0.4 is 16.0 Å². The smallest absolute Gasteiger partial charge is 0.407 e. The van der Waals surface area contributed by atoms with Crippen molar-refractivity contribution >= 4 is 17.9 Å². The molecule has 1 fully saturated rings. The van der Waals surface area contributed by atoms with Crippen LogP contribution in [0, 0.1) is 0 Å². The van der Waals surface area contributed by atoms with E-state index in [1.54, 1.807) is 20.8 Å². The van der Waals surface area contributed by atoms with E-state index in [1.165, 1.54) is 0 Å². The molecule has 0 bridgehead atoms. The molecule has 7 nitrogen and oxygen atoms in total. The summed E-state index contributed by atoms with van der Waals surface area (Å²) >= 11 is 0. The van der Waals surface area contributed by atoms with E-state index in [4.69, 9.17) is 4.74 Å². The van der Waals surface area contributed by atoms with Crippen LogP contribution >= 0.6 is 0 Å². The largest absolute Gasteiger partial charge is 0.444 e. The van der Waals surface area contributed by atoms with Gasteiger partial charge in [-0.3, -0.25) is 14.9 Å². The van der Waals surface area contributed by atoms with Crippen LogP contribution in [0.4, 0.5) is 4.79 Å². The fourth-order valence-electron chi connectivity index (χ4n) is 1.61. The Kier molecular flexibility index (Phi) is 5.29. The number of ether oxygens (including phenoxy) is 1. The third kappa shape index (κ3) is 6.19. The van der Waals surface area contributed by atoms with E-state index in [0.29, 0.717) is 25.9 Å². The minimum atomic E-state index is -0.527. The van der Waals surface area contributed by atoms with Gasteiger partial charge in [0.25, 0.3) is 0 Å². The second-order valence-electron chi connectivity index (χ2n) is 5.39. The van der Waals surface area contributed by atoms with E-state index in [-0.39, 0.29) is 17.9 Å². The quantitative estimate of drug-likeness (QED) is 0.490. The summed E-state index contributed by atoms with van der Waals surface area (Å²) in [6.45, 7) is 6.15. The topological polar surface area (TPSA) is 96.5 Å². The van der Waals surface area contributed by atoms with Crippen LogP contribution in [-0.2, 0) is 14.3 Å². The summed E-state index contributed by atoms with van der Waals surface area (Å²) in [6, 6.07) is -0.377. The third-order valence-electron chi connectivity index (χ3n) is 2.42. The maximum atomic E-state index is 11.4. The molecule has 1 aliphatic heterocycles. The second-order valence-corrected chi connectivity index (χ2v) is 5.39. The first-order chi connectivity index (χ1) is 8.78. The number of nitrogens with one attached hydrogen (secondary N) is 3. The van der Waals surface area contributed by atoms with Crippen LogP contribution in [0.3, 0.4) is 0 Å². The third-order valence-corrected chi connectivity index (χ3v) is 2.42. The molecule has 0 radical (unpaired) electrons. The highest BCUT2D eigenvalue weighted by molar-refractivity contribution is 6.00. The van der Waals surface area contributed by atoms with E-state index < -0.39 is 11.7 Å². The minimum Gasteiger partial charge on any atom is -0.444 e. The Bertz CT molecular complexity index is 362. The Morgan fingerprint density at radius 3 is 2.63 bits per heavy atom. The Balaban J connectivity index is 2.16. The molecule has 0 saturated carbocycles. The normalized spacial score (nSPS) is 19.8. The zero-order valence-corrected chi connectivity index (χ0v) is 11.5. The van der Waals surface area contributed by atoms with Crippen LogP contribution in [0.15, 0.2) is 0 Å². The molecule has 3 amide bonds. The standard InChI is InChI=1S/C12H21N3O4/c1-12(2,3)19-11(18)14-7-6-13-8-4-5-9(16)15-10(8)17/h8,13H,4-7H2,1-3H3,(H,14,18)(H,15,16,17). The van der Waals surface area contributed by atoms with Gasteiger partial charge in [-0.2, -0.15) is 0 Å². The van der Waals surface area contributed by atoms with Crippen LogP contribution in [0.5, 0.6) is 0 Å². The molecule has 0 spiro atoms. The van der Waals surface area contributed by atoms with Crippen LogP contribution in [0.1, 0.15) is 33.6 Å². The van der Waals surface area contributed by atoms with Crippen molar-refractivity contribution in [3.05, 3.63) is 0 Å². The molecular formula is C12H21N3O4. The Labute approximate surface area is 112 Å². The average molecular weight is 271 g/mol. The van der Waals surface area contributed by atoms with Gasteiger partial charge in [0.15, 0.2) is 0 Å². The van der Waals surface area contributed by atoms with Crippen LogP contribution in [0.25, 0.3) is 0 Å². The molecular weight excluding hydrogens is 250 g/mol. The Hall–Kier alpha value is -1.63. The summed E-state index contributed by atoms with van der Waals surface area (Å²) in [7, 11) is 0. The number of carbonyl (C=O) groups is 3. The lowest BCUT2D eigenvalue weighted by Gasteiger charge is -2.22. The zero-order valence-electron chi connectivity index (χ0n) is 11.5. The highest BCUT2D eigenvalue weighted by atomic mass is 16.6. The zero-order chi connectivity index (χ0) is 14.5. The average Bonchev–Trinajstić information content (AvgIpc) is 2.24. The fraction of sp³-hybridized carbons (Fsp3) is 0.750. The van der Waals surface area contributed by atoms with Gasteiger partial charge < -0.3 is 15.4 Å². The van der Waals surface area contributed by atoms with Crippen molar-refractivity contribution in [2.45, 2.75) is 45.3 Å². The molecule has 0 aromatic rings. The summed E-state index contributed by atoms with van der Waals surface area (Å²) in [6.07, 6.45) is 0.331. The summed E-state index contributed by atoms with van der Waals surface area (Å²) in [5.41, 5.74) is -0.527. The van der Waals surface area contributed by atoms with Gasteiger partial charge in [0.05, 0.1) is 6.04 Å². The lowest BCUT2D eigenvalue weighted by molar-refractivity contribution is -0.134. The summed E-state index contributed by atoms with van der Waals surface area (Å²) in [4.78, 5) is 33.7. The van der Waals surface area contributed by atoms with Gasteiger partial charge in [0.1, 0.15) is 5.60 Å². The molecule has 108 valence electrons. The van der Waals surface area contributed by atoms with Gasteiger partial charge >= 0.3 is 6.09 Å². The molecule has 0 aromatic carbocycles. The molecule has 0 aromatic heterocycles. The molecule has 0 aliphatic carbocycles. The van der Waals surface area contributed by atoms with E-state index in [1.807, 2.05) is 0 Å². The maximum absolute atomic E-state index is 11.4. The van der Waals surface area contributed by atoms with Crippen molar-refractivity contribution in [1.29, 1.82) is 0 Å². The number of hydrogen-bond acceptors (Lipinski definition) is 5. The van der Waals surface area contributed by atoms with E-state index in [0.717, 1.165) is 0 Å². The van der Waals surface area contributed by atoms with Crippen molar-refractivity contribution in [3.8, 4) is 0 Å². The number of alkyl carbamates (subject to hydrolysis) is 1. The van der Waals surface area contributed by atoms with Gasteiger partial charge in [-0.15, -0.1) is 0 Å². The summed E-state index contributed by atoms with van der Waals surface area (Å²) in [5.74, 6) is -0.552. The number of carbonyl (C=O) groups excluding carboxylic acids is 3. The molecule has 1 atom stereocenters. The number of piperidine rings is 1. The van der Waals surface area contributed by atoms with Gasteiger partial charge in [-0.25, -0.2) is 4.79 Å². The van der Waals surface area contributed by atoms with Gasteiger partial charge in [-0.1, -0.05) is 0 Å². The molecule has 7 heteroatoms. The first-order valence-electron chi connectivity index (χ1n) is 6.32. The van der Waals surface area contributed by atoms with E-state index in [9.17, 15) is 14.4 Å². The predicted molar refractivity (Wildman–Crippen MR) is 68.4 cm³/mol. The van der Waals surface area contributed by atoms with Gasteiger partial charge in [-0.05, 0) is 27.2 Å². The fourth-order valence-corrected chi connectivity index (χ4v) is 1.61. The lowest BCUT2D eigenvalue weighted by Crippen LogP contribution is -2.52. The van der Waals surface area contributed by atoms with Gasteiger partial charge in [0, 0.05) is 19.5 Å². The molecule has 1 unspecified atom stereocenters. The van der Waals surface area contributed by atoms with Crippen molar-refractivity contribution in [1.82, 2.24) is 16.0 Å². The first kappa shape index (κ1) is 15.4. The number of hydrogen-bond donors (Lipinski definition) is 3. The molecule has 1 aliphatic rings. The molecule has 1 saturated heterocycles. The summed E-state index contributed by atoms with van der Waals surface area (Å²) in [5, 5.41) is 7.81. The first-order valence-corrected chi connectivity index (χ1v) is 6.32. The Morgan fingerprint density at radius 1 is 1.37 bits per heavy atom. The molecule has 1 heterocycles. The van der Waals surface area contributed by atoms with Gasteiger partial charge in [0.2, 0.25) is 11.8 Å². The molecule has 19 heavy (non-hydrogen) atoms. The lowest BCUT2D eigenvalue weighted by atomic mass is 10.1. The van der Waals surface area contributed by atoms with Crippen molar-refractivity contribution in [3.63, 3.8) is 0 Å². The minimum absolute atomic E-state index is 0.241. The Morgan fingerprint density at radius 2 is 2.05 bits per heavy atom. The SMILES string of the molecule is CC(C)(C)OC(=O)NCCNC1CCC(=O)NC1=O. The van der Waals surface area contributed by atoms with Crippen molar-refractivity contribution < 1.29 is 19.1 Å². The highest BCUT2D eigenvalue weighted by Gasteiger charge is 2.25. The number of rotatable bonds is 4. The predicted octanol–water partition coefficient (Wildman–Crippen LogP) is -0.0941. The summed E-state index contributed by atoms with van der Waals surface area (Å²) < 4.78 is 5.06. The molecule has 1 rings (SSSR count). The van der Waals surface area contributed by atoms with E-state index in [2.05, 4.69) is 16.0 Å². The monoisotopic (exact) mass is 271 g/mol. The highest BCUT2D eigenvalue weighted by Crippen LogP contribution is 2.06. The van der Waals surface area contributed by atoms with Crippen molar-refractivity contribution in [2.24, 2.45) is 0 Å². The van der Waals surface area contributed by atoms with Crippen molar-refractivity contribution in [2.75, 3.05) is 13.1 Å². The van der Waals surface area contributed by atoms with Crippen LogP contribution in [-0.4, -0.2) is 42.6 Å². The molecule has 3 N–H and O–H groups in total. The number of amides is 3. The number of imide groups is 1. The van der Waals surface area contributed by atoms with Crippen LogP contribution in [0.2, 0.25) is 0 Å². The second kappa shape index (κ2) is 6.51. The maximum Gasteiger partial charge on any atom is 0.407 e.